The topological polar surface area (TPSA) is 38.3 Å². The van der Waals surface area contributed by atoms with Gasteiger partial charge < -0.3 is 10.1 Å². The van der Waals surface area contributed by atoms with Crippen LogP contribution in [0.3, 0.4) is 0 Å². The van der Waals surface area contributed by atoms with Gasteiger partial charge in [-0.3, -0.25) is 4.79 Å². The Hall–Kier alpha value is -1.10. The highest BCUT2D eigenvalue weighted by atomic mass is 35.6. The van der Waals surface area contributed by atoms with E-state index in [-0.39, 0.29) is 10.8 Å². The first kappa shape index (κ1) is 20.2. The summed E-state index contributed by atoms with van der Waals surface area (Å²) in [6, 6.07) is 13.8. The number of carbonyl (C=O) groups excluding carboxylic acids is 1. The number of benzene rings is 2. The lowest BCUT2D eigenvalue weighted by atomic mass is 10.2. The first-order valence-corrected chi connectivity index (χ1v) is 8.87. The molecule has 0 radical (unpaired) electrons. The molecule has 0 fully saturated rings. The van der Waals surface area contributed by atoms with E-state index in [4.69, 9.17) is 62.7 Å². The summed E-state index contributed by atoms with van der Waals surface area (Å²) in [6.07, 6.45) is 1.68. The molecule has 0 saturated carbocycles. The second-order valence-corrected chi connectivity index (χ2v) is 8.08. The summed E-state index contributed by atoms with van der Waals surface area (Å²) >= 11 is 29.5. The lowest BCUT2D eigenvalue weighted by Crippen LogP contribution is -2.47. The minimum absolute atomic E-state index is 0.217. The van der Waals surface area contributed by atoms with Crippen LogP contribution >= 0.6 is 58.0 Å². The summed E-state index contributed by atoms with van der Waals surface area (Å²) in [5, 5.41) is 3.13. The van der Waals surface area contributed by atoms with E-state index >= 15 is 0 Å². The largest absolute Gasteiger partial charge is 0.464 e. The third-order valence-corrected chi connectivity index (χ3v) is 4.06. The monoisotopic (exact) mass is 437 g/mol. The highest BCUT2D eigenvalue weighted by Gasteiger charge is 2.36. The van der Waals surface area contributed by atoms with E-state index in [0.717, 1.165) is 5.56 Å². The predicted molar refractivity (Wildman–Crippen MR) is 105 cm³/mol. The molecule has 0 spiro atoms. The van der Waals surface area contributed by atoms with E-state index in [1.54, 1.807) is 12.1 Å². The minimum Gasteiger partial charge on any atom is -0.464 e. The standard InChI is InChI=1S/C17H12Cl5NO2/c18-12-7-8-14(13(19)10-12)25-16(17(20,21)22)23-15(24)9-6-11-4-2-1-3-5-11/h1-10,16H,(H,23,24)/b9-6-/t16-/m0/s1. The van der Waals surface area contributed by atoms with E-state index in [9.17, 15) is 4.79 Å². The highest BCUT2D eigenvalue weighted by Crippen LogP contribution is 2.35. The number of amides is 1. The summed E-state index contributed by atoms with van der Waals surface area (Å²) in [6.45, 7) is 0. The number of ether oxygens (including phenoxy) is 1. The SMILES string of the molecule is O=C(/C=C\c1ccccc1)N[C@@H](Oc1ccc(Cl)cc1Cl)C(Cl)(Cl)Cl. The Morgan fingerprint density at radius 2 is 1.76 bits per heavy atom. The van der Waals surface area contributed by atoms with Gasteiger partial charge in [-0.1, -0.05) is 88.3 Å². The third-order valence-electron chi connectivity index (χ3n) is 2.94. The Kier molecular flexibility index (Phi) is 7.29. The Morgan fingerprint density at radius 3 is 2.36 bits per heavy atom. The number of halogens is 5. The second kappa shape index (κ2) is 9.02. The number of hydrogen-bond acceptors (Lipinski definition) is 2. The quantitative estimate of drug-likeness (QED) is 0.358. The highest BCUT2D eigenvalue weighted by molar-refractivity contribution is 6.68. The number of nitrogens with one attached hydrogen (secondary N) is 1. The normalized spacial score (nSPS) is 12.8. The van der Waals surface area contributed by atoms with Crippen LogP contribution in [0.2, 0.25) is 10.0 Å². The van der Waals surface area contributed by atoms with Gasteiger partial charge in [0.2, 0.25) is 15.9 Å². The molecule has 25 heavy (non-hydrogen) atoms. The maximum atomic E-state index is 12.1. The first-order chi connectivity index (χ1) is 11.8. The van der Waals surface area contributed by atoms with Crippen molar-refractivity contribution >= 4 is 70.0 Å². The predicted octanol–water partition coefficient (Wildman–Crippen LogP) is 5.90. The molecular formula is C17H12Cl5NO2. The van der Waals surface area contributed by atoms with Crippen LogP contribution < -0.4 is 10.1 Å². The molecule has 132 valence electrons. The average Bonchev–Trinajstić information content (AvgIpc) is 2.54. The molecule has 0 aliphatic rings. The molecule has 0 bridgehead atoms. The zero-order valence-electron chi connectivity index (χ0n) is 12.6. The molecule has 3 nitrogen and oxygen atoms in total. The second-order valence-electron chi connectivity index (χ2n) is 4.87. The molecule has 0 heterocycles. The average molecular weight is 440 g/mol. The molecule has 0 unspecified atom stereocenters. The summed E-state index contributed by atoms with van der Waals surface area (Å²) in [5.41, 5.74) is 0.852. The molecule has 2 rings (SSSR count). The molecule has 1 amide bonds. The van der Waals surface area contributed by atoms with Gasteiger partial charge in [0.15, 0.2) is 0 Å². The van der Waals surface area contributed by atoms with Crippen molar-refractivity contribution in [2.45, 2.75) is 10.0 Å². The van der Waals surface area contributed by atoms with E-state index in [2.05, 4.69) is 5.32 Å². The van der Waals surface area contributed by atoms with Crippen molar-refractivity contribution < 1.29 is 9.53 Å². The van der Waals surface area contributed by atoms with Crippen LogP contribution in [0, 0.1) is 0 Å². The van der Waals surface area contributed by atoms with Gasteiger partial charge in [0.1, 0.15) is 5.75 Å². The molecule has 2 aromatic rings. The molecule has 1 N–H and O–H groups in total. The summed E-state index contributed by atoms with van der Waals surface area (Å²) in [7, 11) is 0. The number of carbonyl (C=O) groups is 1. The Labute approximate surface area is 170 Å². The minimum atomic E-state index is -1.92. The lowest BCUT2D eigenvalue weighted by Gasteiger charge is -2.26. The molecular weight excluding hydrogens is 427 g/mol. The van der Waals surface area contributed by atoms with E-state index in [1.165, 1.54) is 18.2 Å². The van der Waals surface area contributed by atoms with E-state index in [0.29, 0.717) is 5.02 Å². The first-order valence-electron chi connectivity index (χ1n) is 6.98. The zero-order valence-corrected chi connectivity index (χ0v) is 16.3. The van der Waals surface area contributed by atoms with Crippen molar-refractivity contribution in [2.75, 3.05) is 0 Å². The maximum absolute atomic E-state index is 12.1. The molecule has 2 aromatic carbocycles. The van der Waals surface area contributed by atoms with Gasteiger partial charge in [-0.15, -0.1) is 0 Å². The van der Waals surface area contributed by atoms with Crippen LogP contribution in [-0.2, 0) is 4.79 Å². The van der Waals surface area contributed by atoms with Gasteiger partial charge in [0.25, 0.3) is 0 Å². The van der Waals surface area contributed by atoms with Crippen molar-refractivity contribution in [1.29, 1.82) is 0 Å². The lowest BCUT2D eigenvalue weighted by molar-refractivity contribution is -0.118. The van der Waals surface area contributed by atoms with Crippen molar-refractivity contribution in [3.8, 4) is 5.75 Å². The molecule has 0 saturated heterocycles. The Balaban J connectivity index is 2.10. The third kappa shape index (κ3) is 6.61. The van der Waals surface area contributed by atoms with Crippen molar-refractivity contribution in [3.05, 3.63) is 70.2 Å². The van der Waals surface area contributed by atoms with Crippen LogP contribution in [0.4, 0.5) is 0 Å². The fourth-order valence-electron chi connectivity index (χ4n) is 1.79. The maximum Gasteiger partial charge on any atom is 0.246 e. The van der Waals surface area contributed by atoms with Crippen LogP contribution in [0.25, 0.3) is 6.08 Å². The number of hydrogen-bond donors (Lipinski definition) is 1. The molecule has 0 aliphatic heterocycles. The van der Waals surface area contributed by atoms with Crippen LogP contribution in [-0.4, -0.2) is 15.9 Å². The number of alkyl halides is 3. The summed E-state index contributed by atoms with van der Waals surface area (Å²) in [4.78, 5) is 12.1. The molecule has 1 atom stereocenters. The van der Waals surface area contributed by atoms with Gasteiger partial charge in [-0.25, -0.2) is 0 Å². The Bertz CT molecular complexity index is 759. The number of rotatable bonds is 5. The van der Waals surface area contributed by atoms with Crippen LogP contribution in [0.5, 0.6) is 5.75 Å². The smallest absolute Gasteiger partial charge is 0.246 e. The van der Waals surface area contributed by atoms with Gasteiger partial charge >= 0.3 is 0 Å². The van der Waals surface area contributed by atoms with Gasteiger partial charge in [0.05, 0.1) is 5.02 Å². The Morgan fingerprint density at radius 1 is 1.08 bits per heavy atom. The van der Waals surface area contributed by atoms with Gasteiger partial charge in [-0.05, 0) is 29.8 Å². The fourth-order valence-corrected chi connectivity index (χ4v) is 2.54. The van der Waals surface area contributed by atoms with E-state index < -0.39 is 15.9 Å². The zero-order chi connectivity index (χ0) is 18.4. The van der Waals surface area contributed by atoms with Crippen molar-refractivity contribution in [1.82, 2.24) is 5.32 Å². The van der Waals surface area contributed by atoms with E-state index in [1.807, 2.05) is 30.3 Å². The van der Waals surface area contributed by atoms with Crippen LogP contribution in [0.1, 0.15) is 5.56 Å². The summed E-state index contributed by atoms with van der Waals surface area (Å²) in [5.74, 6) is -0.278. The van der Waals surface area contributed by atoms with Crippen molar-refractivity contribution in [3.63, 3.8) is 0 Å². The van der Waals surface area contributed by atoms with Crippen LogP contribution in [0.15, 0.2) is 54.6 Å². The van der Waals surface area contributed by atoms with Gasteiger partial charge in [-0.2, -0.15) is 0 Å². The van der Waals surface area contributed by atoms with Crippen molar-refractivity contribution in [2.24, 2.45) is 0 Å². The fraction of sp³-hybridized carbons (Fsp3) is 0.118. The molecule has 8 heteroatoms. The van der Waals surface area contributed by atoms with Gasteiger partial charge in [0, 0.05) is 11.1 Å². The molecule has 0 aromatic heterocycles. The molecule has 0 aliphatic carbocycles. The summed E-state index contributed by atoms with van der Waals surface area (Å²) < 4.78 is 3.62.